The third kappa shape index (κ3) is 5.14. The maximum absolute atomic E-state index is 12.4. The first-order valence-electron chi connectivity index (χ1n) is 7.53. The van der Waals surface area contributed by atoms with Crippen LogP contribution in [0.3, 0.4) is 0 Å². The fourth-order valence-electron chi connectivity index (χ4n) is 2.58. The van der Waals surface area contributed by atoms with Gasteiger partial charge in [-0.1, -0.05) is 12.1 Å². The predicted octanol–water partition coefficient (Wildman–Crippen LogP) is 1.76. The summed E-state index contributed by atoms with van der Waals surface area (Å²) in [6.07, 6.45) is -4.04. The molecule has 1 aromatic rings. The van der Waals surface area contributed by atoms with Crippen LogP contribution in [0.5, 0.6) is 5.75 Å². The Bertz CT molecular complexity index is 587. The summed E-state index contributed by atoms with van der Waals surface area (Å²) in [5, 5.41) is 2.68. The zero-order valence-electron chi connectivity index (χ0n) is 13.2. The van der Waals surface area contributed by atoms with Crippen LogP contribution in [0, 0.1) is 5.92 Å². The lowest BCUT2D eigenvalue weighted by Gasteiger charge is -2.18. The number of carbonyl (C=O) groups excluding carboxylic acids is 2. The molecule has 1 aliphatic rings. The number of likely N-dealkylation sites (tertiary alicyclic amines) is 1. The molecule has 1 aromatic carbocycles. The van der Waals surface area contributed by atoms with Crippen molar-refractivity contribution >= 4 is 11.8 Å². The van der Waals surface area contributed by atoms with Crippen molar-refractivity contribution in [1.82, 2.24) is 10.2 Å². The van der Waals surface area contributed by atoms with Crippen LogP contribution in [-0.2, 0) is 16.0 Å². The molecule has 0 saturated carbocycles. The molecule has 1 heterocycles. The Morgan fingerprint density at radius 3 is 2.58 bits per heavy atom. The molecular formula is C16H19F3N2O3. The van der Waals surface area contributed by atoms with Gasteiger partial charge in [-0.05, 0) is 24.1 Å². The van der Waals surface area contributed by atoms with Crippen molar-refractivity contribution in [3.8, 4) is 5.75 Å². The van der Waals surface area contributed by atoms with Crippen LogP contribution in [-0.4, -0.2) is 49.6 Å². The number of methoxy groups -OCH3 is 1. The second kappa shape index (κ2) is 7.55. The van der Waals surface area contributed by atoms with Gasteiger partial charge in [0.05, 0.1) is 13.0 Å². The Kier molecular flexibility index (Phi) is 5.69. The standard InChI is InChI=1S/C16H19F3N2O3/c1-24-13-4-2-11(3-5-13)6-7-20-15(23)12-8-14(22)21(9-12)10-16(17,18)19/h2-5,12H,6-10H2,1H3,(H,20,23)/t12-/m0/s1. The molecule has 0 spiro atoms. The number of amides is 2. The summed E-state index contributed by atoms with van der Waals surface area (Å²) in [5.41, 5.74) is 0.997. The molecule has 1 atom stereocenters. The van der Waals surface area contributed by atoms with E-state index in [2.05, 4.69) is 5.32 Å². The Balaban J connectivity index is 1.77. The van der Waals surface area contributed by atoms with Crippen molar-refractivity contribution in [2.45, 2.75) is 19.0 Å². The van der Waals surface area contributed by atoms with Crippen LogP contribution >= 0.6 is 0 Å². The first-order chi connectivity index (χ1) is 11.3. The largest absolute Gasteiger partial charge is 0.497 e. The van der Waals surface area contributed by atoms with Gasteiger partial charge < -0.3 is 15.0 Å². The quantitative estimate of drug-likeness (QED) is 0.856. The molecular weight excluding hydrogens is 325 g/mol. The Labute approximate surface area is 137 Å². The molecule has 0 radical (unpaired) electrons. The predicted molar refractivity (Wildman–Crippen MR) is 80.4 cm³/mol. The van der Waals surface area contributed by atoms with Crippen LogP contribution < -0.4 is 10.1 Å². The average Bonchev–Trinajstić information content (AvgIpc) is 2.87. The van der Waals surface area contributed by atoms with E-state index >= 15 is 0 Å². The number of benzene rings is 1. The number of nitrogens with zero attached hydrogens (tertiary/aromatic N) is 1. The smallest absolute Gasteiger partial charge is 0.406 e. The van der Waals surface area contributed by atoms with Crippen molar-refractivity contribution in [3.63, 3.8) is 0 Å². The van der Waals surface area contributed by atoms with E-state index in [0.29, 0.717) is 17.9 Å². The third-order valence-corrected chi connectivity index (χ3v) is 3.83. The van der Waals surface area contributed by atoms with Crippen molar-refractivity contribution in [1.29, 1.82) is 0 Å². The van der Waals surface area contributed by atoms with Crippen molar-refractivity contribution in [2.75, 3.05) is 26.7 Å². The summed E-state index contributed by atoms with van der Waals surface area (Å²) in [6.45, 7) is -1.14. The maximum Gasteiger partial charge on any atom is 0.406 e. The van der Waals surface area contributed by atoms with Gasteiger partial charge in [-0.25, -0.2) is 0 Å². The number of nitrogens with one attached hydrogen (secondary N) is 1. The van der Waals surface area contributed by atoms with E-state index in [-0.39, 0.29) is 18.9 Å². The molecule has 0 unspecified atom stereocenters. The summed E-state index contributed by atoms with van der Waals surface area (Å²) in [7, 11) is 1.57. The van der Waals surface area contributed by atoms with E-state index in [4.69, 9.17) is 4.74 Å². The highest BCUT2D eigenvalue weighted by molar-refractivity contribution is 5.89. The van der Waals surface area contributed by atoms with Gasteiger partial charge >= 0.3 is 6.18 Å². The van der Waals surface area contributed by atoms with Gasteiger partial charge in [0.15, 0.2) is 0 Å². The minimum Gasteiger partial charge on any atom is -0.497 e. The fraction of sp³-hybridized carbons (Fsp3) is 0.500. The molecule has 1 fully saturated rings. The van der Waals surface area contributed by atoms with Crippen LogP contribution in [0.15, 0.2) is 24.3 Å². The monoisotopic (exact) mass is 344 g/mol. The normalized spacial score (nSPS) is 17.9. The molecule has 24 heavy (non-hydrogen) atoms. The van der Waals surface area contributed by atoms with Crippen LogP contribution in [0.25, 0.3) is 0 Å². The minimum atomic E-state index is -4.45. The first-order valence-corrected chi connectivity index (χ1v) is 7.53. The van der Waals surface area contributed by atoms with Gasteiger partial charge in [0.25, 0.3) is 0 Å². The fourth-order valence-corrected chi connectivity index (χ4v) is 2.58. The van der Waals surface area contributed by atoms with Gasteiger partial charge in [-0.2, -0.15) is 13.2 Å². The van der Waals surface area contributed by atoms with E-state index in [1.807, 2.05) is 24.3 Å². The Hall–Kier alpha value is -2.25. The molecule has 5 nitrogen and oxygen atoms in total. The molecule has 1 aliphatic heterocycles. The van der Waals surface area contributed by atoms with Crippen molar-refractivity contribution in [3.05, 3.63) is 29.8 Å². The van der Waals surface area contributed by atoms with Crippen LogP contribution in [0.4, 0.5) is 13.2 Å². The van der Waals surface area contributed by atoms with E-state index in [1.165, 1.54) is 0 Å². The van der Waals surface area contributed by atoms with E-state index < -0.39 is 24.5 Å². The van der Waals surface area contributed by atoms with Gasteiger partial charge in [-0.15, -0.1) is 0 Å². The van der Waals surface area contributed by atoms with Gasteiger partial charge in [0.1, 0.15) is 12.3 Å². The Morgan fingerprint density at radius 2 is 2.00 bits per heavy atom. The van der Waals surface area contributed by atoms with Crippen molar-refractivity contribution < 1.29 is 27.5 Å². The lowest BCUT2D eigenvalue weighted by molar-refractivity contribution is -0.157. The van der Waals surface area contributed by atoms with E-state index in [0.717, 1.165) is 11.3 Å². The Morgan fingerprint density at radius 1 is 1.33 bits per heavy atom. The summed E-state index contributed by atoms with van der Waals surface area (Å²) < 4.78 is 42.1. The number of ether oxygens (including phenoxy) is 1. The molecule has 1 N–H and O–H groups in total. The lowest BCUT2D eigenvalue weighted by Crippen LogP contribution is -2.37. The number of halogens is 3. The summed E-state index contributed by atoms with van der Waals surface area (Å²) in [4.78, 5) is 24.2. The molecule has 2 amide bonds. The van der Waals surface area contributed by atoms with Gasteiger partial charge in [0.2, 0.25) is 11.8 Å². The molecule has 132 valence electrons. The molecule has 0 bridgehead atoms. The number of alkyl halides is 3. The second-order valence-electron chi connectivity index (χ2n) is 5.68. The highest BCUT2D eigenvalue weighted by Gasteiger charge is 2.40. The average molecular weight is 344 g/mol. The molecule has 0 aliphatic carbocycles. The zero-order valence-corrected chi connectivity index (χ0v) is 13.2. The zero-order chi connectivity index (χ0) is 17.7. The number of carbonyl (C=O) groups is 2. The molecule has 1 saturated heterocycles. The summed E-state index contributed by atoms with van der Waals surface area (Å²) >= 11 is 0. The van der Waals surface area contributed by atoms with Gasteiger partial charge in [0, 0.05) is 19.5 Å². The lowest BCUT2D eigenvalue weighted by atomic mass is 10.1. The SMILES string of the molecule is COc1ccc(CCNC(=O)[C@H]2CC(=O)N(CC(F)(F)F)C2)cc1. The summed E-state index contributed by atoms with van der Waals surface area (Å²) in [6, 6.07) is 7.36. The number of hydrogen-bond acceptors (Lipinski definition) is 3. The molecule has 2 rings (SSSR count). The van der Waals surface area contributed by atoms with E-state index in [1.54, 1.807) is 7.11 Å². The van der Waals surface area contributed by atoms with Crippen molar-refractivity contribution in [2.24, 2.45) is 5.92 Å². The highest BCUT2D eigenvalue weighted by atomic mass is 19.4. The van der Waals surface area contributed by atoms with E-state index in [9.17, 15) is 22.8 Å². The van der Waals surface area contributed by atoms with Crippen LogP contribution in [0.2, 0.25) is 0 Å². The number of rotatable bonds is 6. The van der Waals surface area contributed by atoms with Crippen LogP contribution in [0.1, 0.15) is 12.0 Å². The molecule has 8 heteroatoms. The number of hydrogen-bond donors (Lipinski definition) is 1. The first kappa shape index (κ1) is 18.1. The second-order valence-corrected chi connectivity index (χ2v) is 5.68. The third-order valence-electron chi connectivity index (χ3n) is 3.83. The van der Waals surface area contributed by atoms with Gasteiger partial charge in [-0.3, -0.25) is 9.59 Å². The highest BCUT2D eigenvalue weighted by Crippen LogP contribution is 2.23. The maximum atomic E-state index is 12.4. The minimum absolute atomic E-state index is 0.176. The topological polar surface area (TPSA) is 58.6 Å². The summed E-state index contributed by atoms with van der Waals surface area (Å²) in [5.74, 6) is -1.02. The molecule has 0 aromatic heterocycles.